The standard InChI is InChI=1S/C35H24N2O5S2/c38-30(25-17-9-3-10-18-25)27(21-23-13-5-1-6-14-23)43-34(29-32(40)36-35(42)37-33(29)41)44-28(22-24-15-7-2-8-16-24)31(39)26-19-11-4-12-20-26/h1-22H,(H2,36,37,40,41,42)/b27-21+,28-22+. The normalized spacial score (nSPS) is 13.6. The molecule has 1 aliphatic heterocycles. The minimum atomic E-state index is -0.959. The van der Waals surface area contributed by atoms with Crippen molar-refractivity contribution in [1.82, 2.24) is 10.6 Å². The molecule has 1 saturated heterocycles. The summed E-state index contributed by atoms with van der Waals surface area (Å²) in [6, 6.07) is 34.5. The zero-order valence-electron chi connectivity index (χ0n) is 23.1. The fourth-order valence-electron chi connectivity index (χ4n) is 4.12. The number of Topliss-reactive ketones (excluding diaryl/α,β-unsaturated/α-hetero) is 2. The van der Waals surface area contributed by atoms with E-state index in [1.807, 2.05) is 60.7 Å². The van der Waals surface area contributed by atoms with Gasteiger partial charge in [-0.3, -0.25) is 29.8 Å². The van der Waals surface area contributed by atoms with Gasteiger partial charge in [0, 0.05) is 11.1 Å². The lowest BCUT2D eigenvalue weighted by Gasteiger charge is -2.19. The van der Waals surface area contributed by atoms with Gasteiger partial charge in [0.15, 0.2) is 11.6 Å². The average Bonchev–Trinajstić information content (AvgIpc) is 3.04. The lowest BCUT2D eigenvalue weighted by atomic mass is 10.1. The Morgan fingerprint density at radius 3 is 1.20 bits per heavy atom. The number of carbonyl (C=O) groups excluding carboxylic acids is 5. The van der Waals surface area contributed by atoms with Crippen molar-refractivity contribution >= 4 is 65.1 Å². The Morgan fingerprint density at radius 2 is 0.841 bits per heavy atom. The van der Waals surface area contributed by atoms with Crippen LogP contribution < -0.4 is 10.6 Å². The largest absolute Gasteiger partial charge is 0.328 e. The van der Waals surface area contributed by atoms with Crippen LogP contribution in [0.4, 0.5) is 4.79 Å². The predicted octanol–water partition coefficient (Wildman–Crippen LogP) is 6.88. The van der Waals surface area contributed by atoms with Crippen molar-refractivity contribution in [2.45, 2.75) is 0 Å². The van der Waals surface area contributed by atoms with Crippen molar-refractivity contribution in [3.05, 3.63) is 163 Å². The van der Waals surface area contributed by atoms with Gasteiger partial charge in [0.2, 0.25) is 0 Å². The summed E-state index contributed by atoms with van der Waals surface area (Å²) in [6.45, 7) is 0. The van der Waals surface area contributed by atoms with E-state index in [1.54, 1.807) is 72.8 Å². The maximum absolute atomic E-state index is 13.9. The third-order valence-corrected chi connectivity index (χ3v) is 8.56. The summed E-state index contributed by atoms with van der Waals surface area (Å²) in [6.07, 6.45) is 3.31. The van der Waals surface area contributed by atoms with Crippen LogP contribution in [0.2, 0.25) is 0 Å². The van der Waals surface area contributed by atoms with Gasteiger partial charge in [-0.05, 0) is 23.3 Å². The highest BCUT2D eigenvalue weighted by atomic mass is 32.2. The van der Waals surface area contributed by atoms with Crippen molar-refractivity contribution in [3.63, 3.8) is 0 Å². The molecule has 44 heavy (non-hydrogen) atoms. The Bertz CT molecular complexity index is 1690. The van der Waals surface area contributed by atoms with Crippen LogP contribution in [0, 0.1) is 0 Å². The molecule has 2 N–H and O–H groups in total. The molecule has 0 aliphatic carbocycles. The monoisotopic (exact) mass is 616 g/mol. The fourth-order valence-corrected chi connectivity index (χ4v) is 6.61. The molecule has 0 spiro atoms. The molecule has 0 saturated carbocycles. The molecule has 0 bridgehead atoms. The van der Waals surface area contributed by atoms with Crippen LogP contribution in [-0.2, 0) is 9.59 Å². The first-order valence-corrected chi connectivity index (χ1v) is 15.0. The molecule has 216 valence electrons. The van der Waals surface area contributed by atoms with E-state index < -0.39 is 17.8 Å². The van der Waals surface area contributed by atoms with Gasteiger partial charge < -0.3 is 0 Å². The van der Waals surface area contributed by atoms with Gasteiger partial charge in [-0.15, -0.1) is 0 Å². The number of allylic oxidation sites excluding steroid dienone is 2. The van der Waals surface area contributed by atoms with Crippen LogP contribution in [-0.4, -0.2) is 29.4 Å². The van der Waals surface area contributed by atoms with E-state index in [-0.39, 0.29) is 31.2 Å². The maximum atomic E-state index is 13.9. The van der Waals surface area contributed by atoms with Gasteiger partial charge in [-0.25, -0.2) is 4.79 Å². The Labute approximate surface area is 262 Å². The number of barbiturate groups is 1. The zero-order valence-corrected chi connectivity index (χ0v) is 24.7. The smallest absolute Gasteiger partial charge is 0.288 e. The fraction of sp³-hybridized carbons (Fsp3) is 0. The van der Waals surface area contributed by atoms with E-state index in [4.69, 9.17) is 0 Å². The molecule has 0 atom stereocenters. The van der Waals surface area contributed by atoms with E-state index >= 15 is 0 Å². The van der Waals surface area contributed by atoms with Crippen LogP contribution in [0.1, 0.15) is 31.8 Å². The van der Waals surface area contributed by atoms with Crippen molar-refractivity contribution in [2.24, 2.45) is 0 Å². The SMILES string of the molecule is O=C1NC(=O)C(=C(S/C(=C/c2ccccc2)C(=O)c2ccccc2)S/C(=C/c2ccccc2)C(=O)c2ccccc2)C(=O)N1. The molecule has 0 unspecified atom stereocenters. The Kier molecular flexibility index (Phi) is 9.81. The topological polar surface area (TPSA) is 109 Å². The number of ketones is 2. The second-order valence-corrected chi connectivity index (χ2v) is 11.7. The summed E-state index contributed by atoms with van der Waals surface area (Å²) in [7, 11) is 0. The number of nitrogens with one attached hydrogen (secondary N) is 2. The summed E-state index contributed by atoms with van der Waals surface area (Å²) >= 11 is 1.76. The molecular formula is C35H24N2O5S2. The van der Waals surface area contributed by atoms with Crippen molar-refractivity contribution in [2.75, 3.05) is 0 Å². The number of hydrogen-bond acceptors (Lipinski definition) is 7. The second-order valence-electron chi connectivity index (χ2n) is 9.33. The van der Waals surface area contributed by atoms with Gasteiger partial charge >= 0.3 is 6.03 Å². The minimum absolute atomic E-state index is 0.0467. The summed E-state index contributed by atoms with van der Waals surface area (Å²) in [5.74, 6) is -2.58. The molecule has 9 heteroatoms. The second kappa shape index (κ2) is 14.3. The molecule has 5 rings (SSSR count). The molecule has 1 fully saturated rings. The van der Waals surface area contributed by atoms with Gasteiger partial charge in [0.05, 0.1) is 14.0 Å². The van der Waals surface area contributed by atoms with E-state index in [1.165, 1.54) is 0 Å². The van der Waals surface area contributed by atoms with E-state index in [0.29, 0.717) is 22.3 Å². The van der Waals surface area contributed by atoms with Crippen LogP contribution in [0.15, 0.2) is 141 Å². The number of thioether (sulfide) groups is 2. The van der Waals surface area contributed by atoms with Crippen LogP contribution >= 0.6 is 23.5 Å². The van der Waals surface area contributed by atoms with E-state index in [0.717, 1.165) is 23.5 Å². The molecule has 0 aromatic heterocycles. The number of amides is 4. The van der Waals surface area contributed by atoms with Crippen LogP contribution in [0.3, 0.4) is 0 Å². The molecule has 4 aromatic carbocycles. The number of benzene rings is 4. The molecule has 7 nitrogen and oxygen atoms in total. The Morgan fingerprint density at radius 1 is 0.500 bits per heavy atom. The summed E-state index contributed by atoms with van der Waals surface area (Å²) in [5, 5.41) is 4.21. The average molecular weight is 617 g/mol. The van der Waals surface area contributed by atoms with Gasteiger partial charge in [-0.1, -0.05) is 145 Å². The molecule has 4 aromatic rings. The maximum Gasteiger partial charge on any atom is 0.328 e. The summed E-state index contributed by atoms with van der Waals surface area (Å²) < 4.78 is 0.0467. The highest BCUT2D eigenvalue weighted by Gasteiger charge is 2.34. The molecule has 0 radical (unpaired) electrons. The number of imide groups is 2. The predicted molar refractivity (Wildman–Crippen MR) is 174 cm³/mol. The van der Waals surface area contributed by atoms with Crippen molar-refractivity contribution in [3.8, 4) is 0 Å². The van der Waals surface area contributed by atoms with Crippen molar-refractivity contribution in [1.29, 1.82) is 0 Å². The Balaban J connectivity index is 1.66. The van der Waals surface area contributed by atoms with Crippen molar-refractivity contribution < 1.29 is 24.0 Å². The summed E-state index contributed by atoms with van der Waals surface area (Å²) in [5.41, 5.74) is 1.82. The first-order chi connectivity index (χ1) is 21.4. The van der Waals surface area contributed by atoms with Gasteiger partial charge in [0.1, 0.15) is 5.57 Å². The molecule has 1 aliphatic rings. The molecule has 1 heterocycles. The zero-order chi connectivity index (χ0) is 30.9. The lowest BCUT2D eigenvalue weighted by molar-refractivity contribution is -0.124. The number of rotatable bonds is 10. The number of carbonyl (C=O) groups is 5. The van der Waals surface area contributed by atoms with Gasteiger partial charge in [-0.2, -0.15) is 0 Å². The number of urea groups is 1. The third-order valence-electron chi connectivity index (χ3n) is 6.23. The van der Waals surface area contributed by atoms with Crippen LogP contribution in [0.25, 0.3) is 12.2 Å². The van der Waals surface area contributed by atoms with Crippen LogP contribution in [0.5, 0.6) is 0 Å². The first-order valence-electron chi connectivity index (χ1n) is 13.4. The lowest BCUT2D eigenvalue weighted by Crippen LogP contribution is -2.51. The quantitative estimate of drug-likeness (QED) is 0.114. The van der Waals surface area contributed by atoms with E-state index in [9.17, 15) is 24.0 Å². The van der Waals surface area contributed by atoms with Gasteiger partial charge in [0.25, 0.3) is 11.8 Å². The molecule has 4 amide bonds. The highest BCUT2D eigenvalue weighted by molar-refractivity contribution is 8.26. The summed E-state index contributed by atoms with van der Waals surface area (Å²) in [4.78, 5) is 66.3. The highest BCUT2D eigenvalue weighted by Crippen LogP contribution is 2.44. The molecular weight excluding hydrogens is 593 g/mol. The Hall–Kier alpha value is -5.25. The van der Waals surface area contributed by atoms with E-state index in [2.05, 4.69) is 10.6 Å². The minimum Gasteiger partial charge on any atom is -0.288 e. The first kappa shape index (κ1) is 30.2. The third kappa shape index (κ3) is 7.57. The number of hydrogen-bond donors (Lipinski definition) is 2.